The smallest absolute Gasteiger partial charge is 0.380 e. The van der Waals surface area contributed by atoms with Crippen molar-refractivity contribution in [2.24, 2.45) is 0 Å². The van der Waals surface area contributed by atoms with E-state index in [-0.39, 0.29) is 52.7 Å². The summed E-state index contributed by atoms with van der Waals surface area (Å²) in [5.41, 5.74) is 0. The number of nitrogens with one attached hydrogen (secondary N) is 4. The van der Waals surface area contributed by atoms with Crippen LogP contribution in [0.5, 0.6) is 0 Å². The van der Waals surface area contributed by atoms with Crippen LogP contribution >= 0.6 is 16.3 Å². The fraction of sp³-hybridized carbons (Fsp3) is 0.974. The van der Waals surface area contributed by atoms with E-state index in [1.807, 2.05) is 0 Å². The van der Waals surface area contributed by atoms with Gasteiger partial charge in [0.15, 0.2) is 0 Å². The Morgan fingerprint density at radius 2 is 0.505 bits per heavy atom. The van der Waals surface area contributed by atoms with Gasteiger partial charge in [-0.05, 0) is 38.5 Å². The lowest BCUT2D eigenvalue weighted by Gasteiger charge is -2.22. The summed E-state index contributed by atoms with van der Waals surface area (Å²) in [6.07, 6.45) is 66.8. The lowest BCUT2D eigenvalue weighted by atomic mass is 10.0. The number of carbonyl (C=O) groups excluding carboxylic acids is 2. The predicted molar refractivity (Wildman–Crippen MR) is 406 cm³/mol. The molecule has 4 atom stereocenters. The van der Waals surface area contributed by atoms with Gasteiger partial charge in [-0.15, -0.1) is 0 Å². The molecule has 0 spiro atoms. The van der Waals surface area contributed by atoms with Gasteiger partial charge in [0.25, 0.3) is 0 Å². The van der Waals surface area contributed by atoms with Gasteiger partial charge in [-0.3, -0.25) is 20.2 Å². The van der Waals surface area contributed by atoms with Crippen molar-refractivity contribution in [3.8, 4) is 0 Å². The molecule has 580 valence electrons. The van der Waals surface area contributed by atoms with E-state index >= 15 is 0 Å². The first-order valence-electron chi connectivity index (χ1n) is 41.1. The van der Waals surface area contributed by atoms with Gasteiger partial charge in [0.05, 0.1) is 25.3 Å². The average molecular weight is 1430 g/mol. The van der Waals surface area contributed by atoms with Gasteiger partial charge in [0.1, 0.15) is 45.3 Å². The Kier molecular flexibility index (Phi) is 74.4. The van der Waals surface area contributed by atoms with Gasteiger partial charge in [0.2, 0.25) is 11.8 Å². The lowest BCUT2D eigenvalue weighted by Crippen LogP contribution is -2.44. The zero-order valence-electron chi connectivity index (χ0n) is 63.5. The zero-order chi connectivity index (χ0) is 70.9. The van der Waals surface area contributed by atoms with E-state index in [0.29, 0.717) is 26.1 Å². The summed E-state index contributed by atoms with van der Waals surface area (Å²) in [4.78, 5) is 67.9. The fourth-order valence-electron chi connectivity index (χ4n) is 12.4. The van der Waals surface area contributed by atoms with Crippen molar-refractivity contribution in [1.29, 1.82) is 0 Å². The Hall–Kier alpha value is -0.760. The van der Waals surface area contributed by atoms with E-state index < -0.39 is 59.1 Å². The summed E-state index contributed by atoms with van der Waals surface area (Å²) < 4.78 is 33.5. The second-order valence-electron chi connectivity index (χ2n) is 28.3. The molecule has 0 saturated carbocycles. The van der Waals surface area contributed by atoms with Crippen molar-refractivity contribution < 1.29 is 66.9 Å². The van der Waals surface area contributed by atoms with Crippen molar-refractivity contribution in [2.45, 2.75) is 418 Å². The van der Waals surface area contributed by atoms with E-state index in [0.717, 1.165) is 64.2 Å². The second-order valence-corrected chi connectivity index (χ2v) is 31.3. The van der Waals surface area contributed by atoms with Crippen molar-refractivity contribution in [1.82, 2.24) is 21.3 Å². The number of unbranched alkanes of at least 4 members (excludes halogenated alkanes) is 50. The fourth-order valence-corrected chi connectivity index (χ4v) is 13.9. The van der Waals surface area contributed by atoms with Gasteiger partial charge < -0.3 is 30.3 Å². The van der Waals surface area contributed by atoms with E-state index in [4.69, 9.17) is 27.6 Å². The van der Waals surface area contributed by atoms with Gasteiger partial charge in [-0.25, -0.2) is 0 Å². The quantitative estimate of drug-likeness (QED) is 0.0118. The molecule has 0 rings (SSSR count). The summed E-state index contributed by atoms with van der Waals surface area (Å²) in [6.45, 7) is 9.25. The zero-order valence-corrected chi connectivity index (χ0v) is 65.3. The highest BCUT2D eigenvalue weighted by Crippen LogP contribution is 2.53. The van der Waals surface area contributed by atoms with Crippen LogP contribution in [0.2, 0.25) is 0 Å². The molecule has 2 amide bonds. The van der Waals surface area contributed by atoms with Crippen LogP contribution in [0.15, 0.2) is 0 Å². The Morgan fingerprint density at radius 1 is 0.289 bits per heavy atom. The number of hydrogen-bond donors (Lipinski definition) is 10. The minimum Gasteiger partial charge on any atom is -0.380 e. The third-order valence-corrected chi connectivity index (χ3v) is 20.5. The van der Waals surface area contributed by atoms with Crippen molar-refractivity contribution in [3.63, 3.8) is 0 Å². The van der Waals surface area contributed by atoms with Crippen molar-refractivity contribution in [2.75, 3.05) is 65.9 Å². The average Bonchev–Trinajstić information content (AvgIpc) is 1.77. The molecular formula is C77H160N4O14P2+2. The molecule has 0 aliphatic heterocycles. The third-order valence-electron chi connectivity index (χ3n) is 18.5. The summed E-state index contributed by atoms with van der Waals surface area (Å²) in [6, 6.07) is -1.07. The Bertz CT molecular complexity index is 1510. The first kappa shape index (κ1) is 96.2. The number of amides is 2. The van der Waals surface area contributed by atoms with E-state index in [1.54, 1.807) is 0 Å². The number of rotatable bonds is 82. The lowest BCUT2D eigenvalue weighted by molar-refractivity contribution is -0.129. The summed E-state index contributed by atoms with van der Waals surface area (Å²) in [5.74, 6) is -1.29. The molecule has 0 aliphatic rings. The molecule has 0 saturated heterocycles. The van der Waals surface area contributed by atoms with E-state index in [1.165, 1.54) is 283 Å². The van der Waals surface area contributed by atoms with Crippen LogP contribution in [0.3, 0.4) is 0 Å². The molecule has 0 aromatic carbocycles. The highest BCUT2D eigenvalue weighted by atomic mass is 31.2. The molecule has 18 nitrogen and oxygen atoms in total. The molecule has 0 aromatic heterocycles. The number of aliphatic hydroxyl groups is 2. The number of ether oxygens (including phenoxy) is 2. The van der Waals surface area contributed by atoms with Crippen LogP contribution in [0.25, 0.3) is 0 Å². The Balaban J connectivity index is 4.86. The molecule has 0 aromatic rings. The topological polar surface area (TPSA) is 259 Å². The predicted octanol–water partition coefficient (Wildman–Crippen LogP) is 19.5. The van der Waals surface area contributed by atoms with Gasteiger partial charge in [-0.2, -0.15) is 37.7 Å². The van der Waals surface area contributed by atoms with Gasteiger partial charge in [-0.1, -0.05) is 349 Å². The monoisotopic (exact) mass is 1430 g/mol. The molecule has 20 heteroatoms. The molecule has 10 N–H and O–H groups in total. The maximum atomic E-state index is 12.6. The van der Waals surface area contributed by atoms with Crippen LogP contribution < -0.4 is 21.3 Å². The minimum atomic E-state index is -4.33. The summed E-state index contributed by atoms with van der Waals surface area (Å²) in [7, 11) is -8.65. The van der Waals surface area contributed by atoms with Crippen LogP contribution in [-0.2, 0) is 37.2 Å². The highest BCUT2D eigenvalue weighted by molar-refractivity contribution is 7.54. The van der Waals surface area contributed by atoms with Gasteiger partial charge in [0, 0.05) is 26.3 Å². The Morgan fingerprint density at radius 3 is 0.742 bits per heavy atom. The summed E-state index contributed by atoms with van der Waals surface area (Å²) >= 11 is 0. The van der Waals surface area contributed by atoms with Crippen LogP contribution in [-0.4, -0.2) is 132 Å². The minimum absolute atomic E-state index is 0.139. The molecular weight excluding hydrogens is 1270 g/mol. The number of hydrogen-bond acceptors (Lipinski definition) is 16. The summed E-state index contributed by atoms with van der Waals surface area (Å²) in [5, 5.41) is 33.3. The number of carbonyl (C=O) groups is 2. The van der Waals surface area contributed by atoms with Gasteiger partial charge >= 0.3 is 16.3 Å². The normalized spacial score (nSPS) is 13.4. The molecule has 0 aliphatic carbocycles. The molecule has 0 radical (unpaired) electrons. The van der Waals surface area contributed by atoms with E-state index in [2.05, 4.69) is 49.0 Å². The molecule has 4 unspecified atom stereocenters. The standard InChI is InChI=1S/C77H158N4O14P2/c1-5-9-13-17-21-25-29-31-33-35-37-41-45-49-53-57-63-90-68-72(80-74(82)59-55-51-47-43-39-27-23-19-15-11-7-3)70-94-96(86,87)92-65-61-78-76(84)67-77(85)79-62-66-93-97(88,89)95-71-73(81-75(83)60-56-52-48-44-40-28-24-20-16-12-8-4)69-91-64-58-54-50-46-42-38-36-34-32-30-26-22-18-14-10-6-2/h72-75,80-83,86-89H,5-71H2,1-4H3/p+2. The molecule has 0 fully saturated rings. The SMILES string of the molecule is CCCCCCCCCCCCCCCCCCOCC(CO[P+](O)(O)OCCNC(=O)CC(=O)NCCO[P+](O)(O)OCC(COCCCCCCCCCCCCCCCCCC)NC(O)CCCCCCCCCCCCC)NC(O)CCCCCCCCCCCCC. The van der Waals surface area contributed by atoms with Crippen LogP contribution in [0.4, 0.5) is 0 Å². The Labute approximate surface area is 597 Å². The second kappa shape index (κ2) is 74.9. The van der Waals surface area contributed by atoms with Crippen molar-refractivity contribution >= 4 is 28.2 Å². The first-order valence-corrected chi connectivity index (χ1v) is 44.2. The first-order chi connectivity index (χ1) is 47.3. The van der Waals surface area contributed by atoms with E-state index in [9.17, 15) is 39.4 Å². The van der Waals surface area contributed by atoms with Crippen LogP contribution in [0.1, 0.15) is 394 Å². The maximum Gasteiger partial charge on any atom is 0.570 e. The highest BCUT2D eigenvalue weighted by Gasteiger charge is 2.41. The maximum absolute atomic E-state index is 12.6. The largest absolute Gasteiger partial charge is 0.570 e. The number of aliphatic hydroxyl groups excluding tert-OH is 2. The molecule has 0 heterocycles. The molecule has 97 heavy (non-hydrogen) atoms. The third kappa shape index (κ3) is 74.8. The van der Waals surface area contributed by atoms with Crippen LogP contribution in [0, 0.1) is 0 Å². The van der Waals surface area contributed by atoms with Crippen molar-refractivity contribution in [3.05, 3.63) is 0 Å². The molecule has 0 bridgehead atoms.